The first-order valence-electron chi connectivity index (χ1n) is 8.14. The quantitative estimate of drug-likeness (QED) is 0.887. The van der Waals surface area contributed by atoms with E-state index in [-0.39, 0.29) is 11.5 Å². The monoisotopic (exact) mass is 315 g/mol. The molecule has 122 valence electrons. The van der Waals surface area contributed by atoms with Gasteiger partial charge in [0.1, 0.15) is 5.69 Å². The highest BCUT2D eigenvalue weighted by Crippen LogP contribution is 2.18. The van der Waals surface area contributed by atoms with Gasteiger partial charge in [-0.25, -0.2) is 4.68 Å². The topological polar surface area (TPSA) is 77.1 Å². The predicted octanol–water partition coefficient (Wildman–Crippen LogP) is 2.34. The molecule has 3 rings (SSSR count). The van der Waals surface area contributed by atoms with Crippen LogP contribution in [-0.2, 0) is 11.3 Å². The van der Waals surface area contributed by atoms with Gasteiger partial charge < -0.3 is 9.73 Å². The predicted molar refractivity (Wildman–Crippen MR) is 85.8 cm³/mol. The molecule has 1 fully saturated rings. The second-order valence-corrected chi connectivity index (χ2v) is 5.91. The Morgan fingerprint density at radius 1 is 1.30 bits per heavy atom. The zero-order chi connectivity index (χ0) is 16.1. The van der Waals surface area contributed by atoms with Gasteiger partial charge in [0, 0.05) is 25.1 Å². The van der Waals surface area contributed by atoms with Crippen molar-refractivity contribution in [2.45, 2.75) is 51.1 Å². The molecule has 23 heavy (non-hydrogen) atoms. The van der Waals surface area contributed by atoms with Crippen molar-refractivity contribution < 1.29 is 9.21 Å². The Morgan fingerprint density at radius 2 is 2.13 bits per heavy atom. The van der Waals surface area contributed by atoms with Crippen molar-refractivity contribution in [3.8, 4) is 11.5 Å². The molecule has 2 aromatic heterocycles. The van der Waals surface area contributed by atoms with Crippen LogP contribution in [0.3, 0.4) is 0 Å². The van der Waals surface area contributed by atoms with E-state index in [2.05, 4.69) is 10.4 Å². The van der Waals surface area contributed by atoms with Crippen LogP contribution >= 0.6 is 0 Å². The fraction of sp³-hybridized carbons (Fsp3) is 0.471. The summed E-state index contributed by atoms with van der Waals surface area (Å²) in [5.41, 5.74) is 0.446. The lowest BCUT2D eigenvalue weighted by Crippen LogP contribution is -2.32. The smallest absolute Gasteiger partial charge is 0.266 e. The number of carbonyl (C=O) groups excluding carboxylic acids is 1. The van der Waals surface area contributed by atoms with Gasteiger partial charge in [0.05, 0.1) is 6.26 Å². The van der Waals surface area contributed by atoms with E-state index in [1.165, 1.54) is 23.6 Å². The molecule has 1 aliphatic rings. The van der Waals surface area contributed by atoms with Crippen LogP contribution < -0.4 is 10.9 Å². The van der Waals surface area contributed by atoms with Crippen molar-refractivity contribution in [1.29, 1.82) is 0 Å². The molecule has 1 amide bonds. The van der Waals surface area contributed by atoms with Crippen molar-refractivity contribution in [1.82, 2.24) is 15.1 Å². The molecule has 6 heteroatoms. The highest BCUT2D eigenvalue weighted by atomic mass is 16.3. The standard InChI is InChI=1S/C17H21N3O3/c21-16(18-13-5-1-2-6-13)8-3-11-20-17(22)10-9-14(19-20)15-7-4-12-23-15/h4,7,9-10,12-13H,1-3,5-6,8,11H2,(H,18,21). The van der Waals surface area contributed by atoms with Crippen LogP contribution in [0.5, 0.6) is 0 Å². The lowest BCUT2D eigenvalue weighted by molar-refractivity contribution is -0.121. The minimum absolute atomic E-state index is 0.0622. The van der Waals surface area contributed by atoms with E-state index in [4.69, 9.17) is 4.42 Å². The Labute approximate surface area is 134 Å². The minimum atomic E-state index is -0.170. The summed E-state index contributed by atoms with van der Waals surface area (Å²) in [4.78, 5) is 23.8. The zero-order valence-electron chi connectivity index (χ0n) is 13.0. The summed E-state index contributed by atoms with van der Waals surface area (Å²) in [5, 5.41) is 7.35. The van der Waals surface area contributed by atoms with E-state index >= 15 is 0 Å². The fourth-order valence-corrected chi connectivity index (χ4v) is 2.92. The Balaban J connectivity index is 1.54. The van der Waals surface area contributed by atoms with Crippen LogP contribution in [0.25, 0.3) is 11.5 Å². The first-order valence-corrected chi connectivity index (χ1v) is 8.14. The lowest BCUT2D eigenvalue weighted by Gasteiger charge is -2.11. The van der Waals surface area contributed by atoms with Crippen LogP contribution in [0.1, 0.15) is 38.5 Å². The SMILES string of the molecule is O=C(CCCn1nc(-c2ccco2)ccc1=O)NC1CCCC1. The summed E-state index contributed by atoms with van der Waals surface area (Å²) in [5.74, 6) is 0.685. The number of hydrogen-bond acceptors (Lipinski definition) is 4. The molecular formula is C17H21N3O3. The third kappa shape index (κ3) is 4.09. The number of carbonyl (C=O) groups is 1. The summed E-state index contributed by atoms with van der Waals surface area (Å²) in [6, 6.07) is 7.03. The fourth-order valence-electron chi connectivity index (χ4n) is 2.92. The van der Waals surface area contributed by atoms with Crippen molar-refractivity contribution in [3.63, 3.8) is 0 Å². The van der Waals surface area contributed by atoms with Gasteiger partial charge in [-0.15, -0.1) is 0 Å². The van der Waals surface area contributed by atoms with Crippen molar-refractivity contribution in [2.75, 3.05) is 0 Å². The summed E-state index contributed by atoms with van der Waals surface area (Å²) < 4.78 is 6.68. The first kappa shape index (κ1) is 15.5. The van der Waals surface area contributed by atoms with Gasteiger partial charge in [-0.05, 0) is 37.5 Å². The number of aromatic nitrogens is 2. The molecule has 2 heterocycles. The van der Waals surface area contributed by atoms with Gasteiger partial charge in [-0.1, -0.05) is 12.8 Å². The summed E-state index contributed by atoms with van der Waals surface area (Å²) in [6.45, 7) is 0.422. The molecule has 0 aromatic carbocycles. The summed E-state index contributed by atoms with van der Waals surface area (Å²) >= 11 is 0. The normalized spacial score (nSPS) is 15.0. The second-order valence-electron chi connectivity index (χ2n) is 5.91. The van der Waals surface area contributed by atoms with E-state index < -0.39 is 0 Å². The van der Waals surface area contributed by atoms with Crippen LogP contribution in [-0.4, -0.2) is 21.7 Å². The van der Waals surface area contributed by atoms with Crippen LogP contribution in [0, 0.1) is 0 Å². The molecule has 2 aromatic rings. The maximum atomic E-state index is 11.9. The van der Waals surface area contributed by atoms with Crippen LogP contribution in [0.15, 0.2) is 39.7 Å². The number of hydrogen-bond donors (Lipinski definition) is 1. The number of nitrogens with zero attached hydrogens (tertiary/aromatic N) is 2. The van der Waals surface area contributed by atoms with Crippen LogP contribution in [0.2, 0.25) is 0 Å². The van der Waals surface area contributed by atoms with Crippen molar-refractivity contribution >= 4 is 5.91 Å². The molecular weight excluding hydrogens is 294 g/mol. The Morgan fingerprint density at radius 3 is 2.87 bits per heavy atom. The van der Waals surface area contributed by atoms with Gasteiger partial charge >= 0.3 is 0 Å². The second kappa shape index (κ2) is 7.26. The van der Waals surface area contributed by atoms with E-state index in [9.17, 15) is 9.59 Å². The highest BCUT2D eigenvalue weighted by Gasteiger charge is 2.16. The van der Waals surface area contributed by atoms with E-state index in [1.807, 2.05) is 0 Å². The zero-order valence-corrected chi connectivity index (χ0v) is 13.0. The van der Waals surface area contributed by atoms with Crippen LogP contribution in [0.4, 0.5) is 0 Å². The van der Waals surface area contributed by atoms with E-state index in [1.54, 1.807) is 24.5 Å². The highest BCUT2D eigenvalue weighted by molar-refractivity contribution is 5.76. The molecule has 6 nitrogen and oxygen atoms in total. The molecule has 0 aliphatic heterocycles. The molecule has 0 saturated heterocycles. The number of nitrogens with one attached hydrogen (secondary N) is 1. The van der Waals surface area contributed by atoms with E-state index in [0.29, 0.717) is 36.9 Å². The minimum Gasteiger partial charge on any atom is -0.463 e. The first-order chi connectivity index (χ1) is 11.2. The Hall–Kier alpha value is -2.37. The maximum Gasteiger partial charge on any atom is 0.266 e. The van der Waals surface area contributed by atoms with Gasteiger partial charge in [0.25, 0.3) is 5.56 Å². The molecule has 0 atom stereocenters. The number of rotatable bonds is 6. The van der Waals surface area contributed by atoms with Gasteiger partial charge in [0.15, 0.2) is 5.76 Å². The van der Waals surface area contributed by atoms with Gasteiger partial charge in [0.2, 0.25) is 5.91 Å². The largest absolute Gasteiger partial charge is 0.463 e. The van der Waals surface area contributed by atoms with Gasteiger partial charge in [-0.2, -0.15) is 5.10 Å². The lowest BCUT2D eigenvalue weighted by atomic mass is 10.2. The van der Waals surface area contributed by atoms with Crippen molar-refractivity contribution in [3.05, 3.63) is 40.9 Å². The number of aryl methyl sites for hydroxylation is 1. The molecule has 1 aliphatic carbocycles. The summed E-state index contributed by atoms with van der Waals surface area (Å²) in [6.07, 6.45) is 7.13. The summed E-state index contributed by atoms with van der Waals surface area (Å²) in [7, 11) is 0. The Bertz CT molecular complexity index is 700. The Kier molecular flexibility index (Phi) is 4.90. The van der Waals surface area contributed by atoms with E-state index in [0.717, 1.165) is 12.8 Å². The number of amides is 1. The average molecular weight is 315 g/mol. The molecule has 1 N–H and O–H groups in total. The third-order valence-electron chi connectivity index (χ3n) is 4.13. The third-order valence-corrected chi connectivity index (χ3v) is 4.13. The average Bonchev–Trinajstić information content (AvgIpc) is 3.22. The molecule has 0 radical (unpaired) electrons. The number of furan rings is 1. The molecule has 0 bridgehead atoms. The van der Waals surface area contributed by atoms with Gasteiger partial charge in [-0.3, -0.25) is 9.59 Å². The maximum absolute atomic E-state index is 11.9. The molecule has 0 spiro atoms. The van der Waals surface area contributed by atoms with Crippen molar-refractivity contribution in [2.24, 2.45) is 0 Å². The molecule has 1 saturated carbocycles. The molecule has 0 unspecified atom stereocenters.